The molecule has 0 saturated carbocycles. The van der Waals surface area contributed by atoms with Crippen LogP contribution in [0.15, 0.2) is 10.6 Å². The first-order valence-corrected chi connectivity index (χ1v) is 6.88. The van der Waals surface area contributed by atoms with Crippen molar-refractivity contribution in [3.8, 4) is 0 Å². The molecule has 0 aliphatic rings. The smallest absolute Gasteiger partial charge is 0.106 e. The minimum Gasteiger partial charge on any atom is -0.466 e. The zero-order valence-electron chi connectivity index (χ0n) is 11.8. The van der Waals surface area contributed by atoms with Gasteiger partial charge in [0.2, 0.25) is 0 Å². The molecule has 0 aliphatic heterocycles. The Hall–Kier alpha value is -1.26. The van der Waals surface area contributed by atoms with Gasteiger partial charge >= 0.3 is 0 Å². The summed E-state index contributed by atoms with van der Waals surface area (Å²) in [6, 6.07) is -0.306. The summed E-state index contributed by atoms with van der Waals surface area (Å²) in [6.45, 7) is 8.82. The van der Waals surface area contributed by atoms with Crippen LogP contribution in [-0.2, 0) is 6.54 Å². The average Bonchev–Trinajstić information content (AvgIpc) is 2.81. The predicted octanol–water partition coefficient (Wildman–Crippen LogP) is 3.51. The minimum atomic E-state index is -0.306. The van der Waals surface area contributed by atoms with Crippen LogP contribution in [0, 0.1) is 20.8 Å². The highest BCUT2D eigenvalue weighted by molar-refractivity contribution is 6.31. The number of nitrogens with two attached hydrogens (primary N) is 1. The summed E-state index contributed by atoms with van der Waals surface area (Å²) in [5.74, 6) is 1.75. The molecule has 1 unspecified atom stereocenters. The number of hydrogen-bond acceptors (Lipinski definition) is 3. The lowest BCUT2D eigenvalue weighted by Gasteiger charge is -2.15. The van der Waals surface area contributed by atoms with Gasteiger partial charge in [-0.25, -0.2) is 0 Å². The van der Waals surface area contributed by atoms with Gasteiger partial charge in [0, 0.05) is 12.1 Å². The lowest BCUT2D eigenvalue weighted by Crippen LogP contribution is -2.19. The van der Waals surface area contributed by atoms with E-state index in [9.17, 15) is 0 Å². The van der Waals surface area contributed by atoms with Crippen LogP contribution in [0.2, 0.25) is 5.02 Å². The predicted molar refractivity (Wildman–Crippen MR) is 76.5 cm³/mol. The number of aryl methyl sites for hydroxylation is 3. The van der Waals surface area contributed by atoms with Gasteiger partial charge < -0.3 is 10.2 Å². The van der Waals surface area contributed by atoms with E-state index >= 15 is 0 Å². The van der Waals surface area contributed by atoms with Gasteiger partial charge in [0.15, 0.2) is 0 Å². The molecule has 0 amide bonds. The van der Waals surface area contributed by atoms with Crippen molar-refractivity contribution in [2.75, 3.05) is 0 Å². The molecule has 0 saturated heterocycles. The van der Waals surface area contributed by atoms with Crippen LogP contribution >= 0.6 is 11.6 Å². The van der Waals surface area contributed by atoms with Gasteiger partial charge in [0.1, 0.15) is 11.5 Å². The zero-order valence-corrected chi connectivity index (χ0v) is 12.6. The van der Waals surface area contributed by atoms with Crippen LogP contribution in [0.5, 0.6) is 0 Å². The van der Waals surface area contributed by atoms with E-state index in [1.165, 1.54) is 0 Å². The zero-order chi connectivity index (χ0) is 14.2. The molecule has 0 spiro atoms. The van der Waals surface area contributed by atoms with E-state index in [2.05, 4.69) is 12.0 Å². The lowest BCUT2D eigenvalue weighted by atomic mass is 10.00. The minimum absolute atomic E-state index is 0.306. The van der Waals surface area contributed by atoms with E-state index in [0.717, 1.165) is 41.3 Å². The highest BCUT2D eigenvalue weighted by atomic mass is 35.5. The number of hydrogen-bond donors (Lipinski definition) is 1. The normalized spacial score (nSPS) is 12.9. The van der Waals surface area contributed by atoms with Crippen LogP contribution in [0.25, 0.3) is 0 Å². The second-order valence-corrected chi connectivity index (χ2v) is 5.24. The molecule has 19 heavy (non-hydrogen) atoms. The molecule has 104 valence electrons. The highest BCUT2D eigenvalue weighted by Crippen LogP contribution is 2.33. The Bertz CT molecular complexity index is 586. The monoisotopic (exact) mass is 281 g/mol. The molecule has 0 bridgehead atoms. The van der Waals surface area contributed by atoms with Crippen LogP contribution in [0.4, 0.5) is 0 Å². The van der Waals surface area contributed by atoms with E-state index in [-0.39, 0.29) is 6.04 Å². The van der Waals surface area contributed by atoms with Crippen molar-refractivity contribution in [3.63, 3.8) is 0 Å². The standard InChI is InChI=1S/C14H20ClN3O/c1-5-6-18-14(11(15)7-17-18)13(16)12-8(2)9(3)19-10(12)4/h7,13H,5-6,16H2,1-4H3. The fourth-order valence-corrected chi connectivity index (χ4v) is 2.73. The Kier molecular flexibility index (Phi) is 4.02. The van der Waals surface area contributed by atoms with Gasteiger partial charge in [-0.05, 0) is 32.8 Å². The maximum Gasteiger partial charge on any atom is 0.106 e. The Labute approximate surface area is 118 Å². The molecule has 0 aromatic carbocycles. The van der Waals surface area contributed by atoms with Crippen LogP contribution in [-0.4, -0.2) is 9.78 Å². The van der Waals surface area contributed by atoms with Crippen molar-refractivity contribution in [2.45, 2.75) is 46.7 Å². The molecule has 2 aromatic rings. The molecule has 0 fully saturated rings. The van der Waals surface area contributed by atoms with Crippen molar-refractivity contribution in [3.05, 3.63) is 39.6 Å². The van der Waals surface area contributed by atoms with Crippen LogP contribution < -0.4 is 5.73 Å². The van der Waals surface area contributed by atoms with E-state index in [4.69, 9.17) is 21.8 Å². The molecular weight excluding hydrogens is 262 g/mol. The van der Waals surface area contributed by atoms with Gasteiger partial charge in [-0.2, -0.15) is 5.10 Å². The summed E-state index contributed by atoms with van der Waals surface area (Å²) in [7, 11) is 0. The van der Waals surface area contributed by atoms with Gasteiger partial charge in [-0.1, -0.05) is 18.5 Å². The van der Waals surface area contributed by atoms with Crippen molar-refractivity contribution in [2.24, 2.45) is 5.73 Å². The summed E-state index contributed by atoms with van der Waals surface area (Å²) in [4.78, 5) is 0. The summed E-state index contributed by atoms with van der Waals surface area (Å²) in [6.07, 6.45) is 2.64. The number of aromatic nitrogens is 2. The molecule has 2 rings (SSSR count). The summed E-state index contributed by atoms with van der Waals surface area (Å²) < 4.78 is 7.53. The maximum absolute atomic E-state index is 6.40. The third-order valence-electron chi connectivity index (χ3n) is 3.49. The number of halogens is 1. The second kappa shape index (κ2) is 5.39. The first-order chi connectivity index (χ1) is 8.97. The lowest BCUT2D eigenvalue weighted by molar-refractivity contribution is 0.496. The summed E-state index contributed by atoms with van der Waals surface area (Å²) in [5.41, 5.74) is 9.36. The van der Waals surface area contributed by atoms with Gasteiger partial charge in [-0.15, -0.1) is 0 Å². The van der Waals surface area contributed by atoms with E-state index in [0.29, 0.717) is 5.02 Å². The molecule has 4 nitrogen and oxygen atoms in total. The van der Waals surface area contributed by atoms with Crippen LogP contribution in [0.1, 0.15) is 47.7 Å². The molecule has 2 N–H and O–H groups in total. The van der Waals surface area contributed by atoms with Gasteiger partial charge in [0.25, 0.3) is 0 Å². The molecule has 1 atom stereocenters. The molecule has 5 heteroatoms. The fourth-order valence-electron chi connectivity index (χ4n) is 2.47. The number of furan rings is 1. The Morgan fingerprint density at radius 1 is 1.37 bits per heavy atom. The number of rotatable bonds is 4. The molecular formula is C14H20ClN3O. The molecule has 2 aromatic heterocycles. The SMILES string of the molecule is CCCn1ncc(Cl)c1C(N)c1c(C)oc(C)c1C. The van der Waals surface area contributed by atoms with Crippen molar-refractivity contribution in [1.29, 1.82) is 0 Å². The third-order valence-corrected chi connectivity index (χ3v) is 3.78. The Morgan fingerprint density at radius 2 is 2.05 bits per heavy atom. The van der Waals surface area contributed by atoms with Gasteiger partial charge in [0.05, 0.1) is 23.0 Å². The molecule has 2 heterocycles. The summed E-state index contributed by atoms with van der Waals surface area (Å²) in [5, 5.41) is 4.90. The molecule has 0 radical (unpaired) electrons. The fraction of sp³-hybridized carbons (Fsp3) is 0.500. The molecule has 0 aliphatic carbocycles. The topological polar surface area (TPSA) is 57.0 Å². The Balaban J connectivity index is 2.49. The largest absolute Gasteiger partial charge is 0.466 e. The average molecular weight is 282 g/mol. The van der Waals surface area contributed by atoms with Crippen molar-refractivity contribution >= 4 is 11.6 Å². The van der Waals surface area contributed by atoms with E-state index in [1.807, 2.05) is 25.5 Å². The number of nitrogens with zero attached hydrogens (tertiary/aromatic N) is 2. The summed E-state index contributed by atoms with van der Waals surface area (Å²) >= 11 is 6.24. The van der Waals surface area contributed by atoms with E-state index in [1.54, 1.807) is 6.20 Å². The maximum atomic E-state index is 6.40. The Morgan fingerprint density at radius 3 is 2.58 bits per heavy atom. The second-order valence-electron chi connectivity index (χ2n) is 4.83. The van der Waals surface area contributed by atoms with E-state index < -0.39 is 0 Å². The third kappa shape index (κ3) is 2.42. The first-order valence-electron chi connectivity index (χ1n) is 6.50. The quantitative estimate of drug-likeness (QED) is 0.933. The first kappa shape index (κ1) is 14.2. The van der Waals surface area contributed by atoms with Gasteiger partial charge in [-0.3, -0.25) is 4.68 Å². The van der Waals surface area contributed by atoms with Crippen molar-refractivity contribution in [1.82, 2.24) is 9.78 Å². The van der Waals surface area contributed by atoms with Crippen LogP contribution in [0.3, 0.4) is 0 Å². The van der Waals surface area contributed by atoms with Crippen molar-refractivity contribution < 1.29 is 4.42 Å². The highest BCUT2D eigenvalue weighted by Gasteiger charge is 2.24.